The fourth-order valence-electron chi connectivity index (χ4n) is 4.92. The zero-order chi connectivity index (χ0) is 26.8. The van der Waals surface area contributed by atoms with Gasteiger partial charge in [0.1, 0.15) is 11.3 Å². The Morgan fingerprint density at radius 1 is 0.868 bits per heavy atom. The smallest absolute Gasteiger partial charge is 0.160 e. The highest BCUT2D eigenvalue weighted by Crippen LogP contribution is 2.31. The van der Waals surface area contributed by atoms with E-state index in [2.05, 4.69) is 103 Å². The number of hydrogen-bond donors (Lipinski definition) is 3. The molecule has 0 saturated carbocycles. The van der Waals surface area contributed by atoms with Gasteiger partial charge in [0.25, 0.3) is 0 Å². The van der Waals surface area contributed by atoms with Gasteiger partial charge in [0.05, 0.1) is 6.54 Å². The number of amidine groups is 1. The normalized spacial score (nSPS) is 11.8. The number of nitrogens with zero attached hydrogens (tertiary/aromatic N) is 4. The van der Waals surface area contributed by atoms with E-state index in [0.29, 0.717) is 12.4 Å². The number of nitrogens with one attached hydrogen (secondary N) is 1. The monoisotopic (exact) mass is 503 g/mol. The molecule has 5 N–H and O–H groups in total. The summed E-state index contributed by atoms with van der Waals surface area (Å²) in [6, 6.07) is 25.4. The molecular formula is C31H33N7. The van der Waals surface area contributed by atoms with E-state index in [1.54, 1.807) is 0 Å². The van der Waals surface area contributed by atoms with Crippen LogP contribution in [0.4, 0.5) is 0 Å². The van der Waals surface area contributed by atoms with Crippen molar-refractivity contribution in [2.75, 3.05) is 0 Å². The van der Waals surface area contributed by atoms with E-state index >= 15 is 0 Å². The zero-order valence-electron chi connectivity index (χ0n) is 22.3. The Kier molecular flexibility index (Phi) is 6.94. The van der Waals surface area contributed by atoms with Crippen LogP contribution in [0, 0.1) is 20.8 Å². The van der Waals surface area contributed by atoms with Gasteiger partial charge in [0.15, 0.2) is 11.5 Å². The molecule has 0 aliphatic heterocycles. The summed E-state index contributed by atoms with van der Waals surface area (Å²) < 4.78 is 2.23. The van der Waals surface area contributed by atoms with Gasteiger partial charge in [0.2, 0.25) is 0 Å². The first-order valence-electron chi connectivity index (χ1n) is 12.8. The first-order valence-corrected chi connectivity index (χ1v) is 12.8. The van der Waals surface area contributed by atoms with Crippen molar-refractivity contribution in [3.63, 3.8) is 0 Å². The zero-order valence-corrected chi connectivity index (χ0v) is 22.3. The van der Waals surface area contributed by atoms with E-state index in [1.165, 1.54) is 11.1 Å². The number of hydrogen-bond acceptors (Lipinski definition) is 5. The summed E-state index contributed by atoms with van der Waals surface area (Å²) >= 11 is 0. The van der Waals surface area contributed by atoms with Crippen LogP contribution in [-0.2, 0) is 13.0 Å². The SMILES string of the molecule is CCc1nc2c(C)cc(C)nc2n1Cc1ccc(-c2cc(-c3ccc(C)cc3)ccc2/C(N)=N/NN)cc1. The Labute approximate surface area is 223 Å². The van der Waals surface area contributed by atoms with Crippen molar-refractivity contribution in [2.45, 2.75) is 40.7 Å². The van der Waals surface area contributed by atoms with E-state index in [1.807, 2.05) is 13.0 Å². The predicted molar refractivity (Wildman–Crippen MR) is 156 cm³/mol. The molecule has 0 radical (unpaired) electrons. The quantitative estimate of drug-likeness (QED) is 0.120. The Morgan fingerprint density at radius 2 is 1.55 bits per heavy atom. The maximum atomic E-state index is 6.27. The van der Waals surface area contributed by atoms with Crippen LogP contribution in [-0.4, -0.2) is 20.4 Å². The molecule has 0 atom stereocenters. The average Bonchev–Trinajstić information content (AvgIpc) is 3.27. The highest BCUT2D eigenvalue weighted by molar-refractivity contribution is 6.04. The maximum Gasteiger partial charge on any atom is 0.160 e. The summed E-state index contributed by atoms with van der Waals surface area (Å²) in [5.41, 5.74) is 20.2. The van der Waals surface area contributed by atoms with E-state index in [4.69, 9.17) is 21.5 Å². The molecule has 0 saturated heterocycles. The minimum atomic E-state index is 0.330. The highest BCUT2D eigenvalue weighted by atomic mass is 15.5. The van der Waals surface area contributed by atoms with Gasteiger partial charge in [-0.15, -0.1) is 5.10 Å². The van der Waals surface area contributed by atoms with Crippen LogP contribution >= 0.6 is 0 Å². The molecule has 38 heavy (non-hydrogen) atoms. The number of hydrazine groups is 1. The molecule has 5 rings (SSSR count). The van der Waals surface area contributed by atoms with Crippen molar-refractivity contribution < 1.29 is 0 Å². The third-order valence-electron chi connectivity index (χ3n) is 6.89. The lowest BCUT2D eigenvalue weighted by Crippen LogP contribution is -2.23. The van der Waals surface area contributed by atoms with Crippen LogP contribution in [0.1, 0.15) is 40.7 Å². The van der Waals surface area contributed by atoms with Gasteiger partial charge in [0, 0.05) is 17.7 Å². The summed E-state index contributed by atoms with van der Waals surface area (Å²) in [5.74, 6) is 6.80. The molecule has 0 fully saturated rings. The van der Waals surface area contributed by atoms with Gasteiger partial charge in [-0.05, 0) is 72.4 Å². The van der Waals surface area contributed by atoms with Crippen LogP contribution in [0.15, 0.2) is 77.9 Å². The molecule has 0 aliphatic rings. The maximum absolute atomic E-state index is 6.27. The molecule has 0 spiro atoms. The summed E-state index contributed by atoms with van der Waals surface area (Å²) in [6.45, 7) is 9.05. The number of aryl methyl sites for hydroxylation is 4. The fraction of sp³-hybridized carbons (Fsp3) is 0.194. The van der Waals surface area contributed by atoms with Crippen LogP contribution < -0.4 is 17.1 Å². The van der Waals surface area contributed by atoms with Crippen molar-refractivity contribution >= 4 is 17.0 Å². The summed E-state index contributed by atoms with van der Waals surface area (Å²) in [4.78, 5) is 9.70. The number of aromatic nitrogens is 3. The molecule has 3 aromatic carbocycles. The first-order chi connectivity index (χ1) is 18.4. The topological polar surface area (TPSA) is 107 Å². The van der Waals surface area contributed by atoms with Crippen molar-refractivity contribution in [3.05, 3.63) is 107 Å². The molecule has 0 bridgehead atoms. The lowest BCUT2D eigenvalue weighted by atomic mass is 9.93. The van der Waals surface area contributed by atoms with Gasteiger partial charge in [-0.25, -0.2) is 21.3 Å². The third-order valence-corrected chi connectivity index (χ3v) is 6.89. The average molecular weight is 504 g/mol. The number of benzene rings is 3. The number of rotatable bonds is 7. The van der Waals surface area contributed by atoms with E-state index in [-0.39, 0.29) is 0 Å². The van der Waals surface area contributed by atoms with E-state index in [9.17, 15) is 0 Å². The Hall–Kier alpha value is -4.49. The standard InChI is InChI=1S/C31H33N7/c1-5-28-35-29-20(3)16-21(4)34-31(29)38(28)18-22-8-12-24(13-9-22)27-17-25(23-10-6-19(2)7-11-23)14-15-26(27)30(32)36-37-33/h6-17,37H,5,18,33H2,1-4H3,(H2,32,36). The molecule has 0 aliphatic carbocycles. The second-order valence-electron chi connectivity index (χ2n) is 9.67. The van der Waals surface area contributed by atoms with Gasteiger partial charge >= 0.3 is 0 Å². The number of nitrogens with two attached hydrogens (primary N) is 2. The predicted octanol–water partition coefficient (Wildman–Crippen LogP) is 5.38. The fourth-order valence-corrected chi connectivity index (χ4v) is 4.92. The van der Waals surface area contributed by atoms with Crippen LogP contribution in [0.25, 0.3) is 33.4 Å². The van der Waals surface area contributed by atoms with Gasteiger partial charge < -0.3 is 10.3 Å². The molecule has 2 aromatic heterocycles. The number of pyridine rings is 1. The highest BCUT2D eigenvalue weighted by Gasteiger charge is 2.15. The van der Waals surface area contributed by atoms with Crippen LogP contribution in [0.5, 0.6) is 0 Å². The number of imidazole rings is 1. The van der Waals surface area contributed by atoms with Crippen molar-refractivity contribution in [1.82, 2.24) is 20.1 Å². The van der Waals surface area contributed by atoms with Crippen molar-refractivity contribution in [3.8, 4) is 22.3 Å². The molecule has 7 nitrogen and oxygen atoms in total. The second-order valence-corrected chi connectivity index (χ2v) is 9.67. The largest absolute Gasteiger partial charge is 0.382 e. The Morgan fingerprint density at radius 3 is 2.24 bits per heavy atom. The van der Waals surface area contributed by atoms with Crippen molar-refractivity contribution in [1.29, 1.82) is 0 Å². The van der Waals surface area contributed by atoms with Gasteiger partial charge in [-0.1, -0.05) is 67.1 Å². The lowest BCUT2D eigenvalue weighted by Gasteiger charge is -2.14. The number of hydrazone groups is 1. The van der Waals surface area contributed by atoms with E-state index in [0.717, 1.165) is 62.5 Å². The summed E-state index contributed by atoms with van der Waals surface area (Å²) in [7, 11) is 0. The Bertz CT molecular complexity index is 1630. The molecule has 0 unspecified atom stereocenters. The van der Waals surface area contributed by atoms with Crippen molar-refractivity contribution in [2.24, 2.45) is 16.7 Å². The summed E-state index contributed by atoms with van der Waals surface area (Å²) in [5, 5.41) is 4.03. The third kappa shape index (κ3) is 4.88. The summed E-state index contributed by atoms with van der Waals surface area (Å²) in [6.07, 6.45) is 0.843. The number of fused-ring (bicyclic) bond motifs is 1. The van der Waals surface area contributed by atoms with Crippen LogP contribution in [0.2, 0.25) is 0 Å². The molecule has 7 heteroatoms. The molecule has 0 amide bonds. The van der Waals surface area contributed by atoms with E-state index < -0.39 is 0 Å². The Balaban J connectivity index is 1.54. The molecule has 192 valence electrons. The van der Waals surface area contributed by atoms with Gasteiger partial charge in [-0.2, -0.15) is 0 Å². The minimum Gasteiger partial charge on any atom is -0.382 e. The molecule has 5 aromatic rings. The van der Waals surface area contributed by atoms with Crippen LogP contribution in [0.3, 0.4) is 0 Å². The first kappa shape index (κ1) is 25.2. The second kappa shape index (κ2) is 10.5. The molecule has 2 heterocycles. The lowest BCUT2D eigenvalue weighted by molar-refractivity contribution is 0.745. The minimum absolute atomic E-state index is 0.330. The molecular weight excluding hydrogens is 470 g/mol. The van der Waals surface area contributed by atoms with Gasteiger partial charge in [-0.3, -0.25) is 0 Å².